The summed E-state index contributed by atoms with van der Waals surface area (Å²) in [6.45, 7) is 3.60. The average molecular weight is 314 g/mol. The molecule has 21 heavy (non-hydrogen) atoms. The first-order valence-electron chi connectivity index (χ1n) is 8.13. The normalized spacial score (nSPS) is 24.2. The Morgan fingerprint density at radius 2 is 2.14 bits per heavy atom. The molecule has 1 aliphatic carbocycles. The Hall–Kier alpha value is -0.580. The minimum atomic E-state index is -0.0144. The molecule has 120 valence electrons. The minimum Gasteiger partial charge on any atom is -0.383 e. The van der Waals surface area contributed by atoms with Gasteiger partial charge in [0.05, 0.1) is 36.1 Å². The average Bonchev–Trinajstić information content (AvgIpc) is 2.86. The van der Waals surface area contributed by atoms with E-state index in [9.17, 15) is 0 Å². The van der Waals surface area contributed by atoms with E-state index >= 15 is 0 Å². The van der Waals surface area contributed by atoms with Crippen molar-refractivity contribution in [1.82, 2.24) is 9.78 Å². The quantitative estimate of drug-likeness (QED) is 0.833. The molecule has 0 aromatic carbocycles. The fourth-order valence-corrected chi connectivity index (χ4v) is 3.79. The van der Waals surface area contributed by atoms with Crippen LogP contribution in [0.1, 0.15) is 57.2 Å². The highest BCUT2D eigenvalue weighted by atomic mass is 35.5. The Morgan fingerprint density at radius 3 is 2.76 bits per heavy atom. The van der Waals surface area contributed by atoms with Gasteiger partial charge in [0.2, 0.25) is 0 Å². The molecule has 2 rings (SSSR count). The zero-order valence-electron chi connectivity index (χ0n) is 13.2. The van der Waals surface area contributed by atoms with Gasteiger partial charge in [-0.3, -0.25) is 4.68 Å². The summed E-state index contributed by atoms with van der Waals surface area (Å²) >= 11 is 6.31. The largest absolute Gasteiger partial charge is 0.383 e. The molecule has 0 aliphatic heterocycles. The summed E-state index contributed by atoms with van der Waals surface area (Å²) in [6.07, 6.45) is 9.36. The van der Waals surface area contributed by atoms with Crippen LogP contribution in [-0.4, -0.2) is 23.5 Å². The second-order valence-electron chi connectivity index (χ2n) is 6.19. The fraction of sp³-hybridized carbons (Fsp3) is 0.812. The first kappa shape index (κ1) is 16.8. The molecule has 0 saturated heterocycles. The van der Waals surface area contributed by atoms with Crippen LogP contribution in [0.15, 0.2) is 6.20 Å². The van der Waals surface area contributed by atoms with Crippen LogP contribution < -0.4 is 5.73 Å². The van der Waals surface area contributed by atoms with Crippen LogP contribution in [0.4, 0.5) is 0 Å². The molecule has 1 aliphatic rings. The maximum atomic E-state index is 6.52. The molecule has 1 atom stereocenters. The lowest BCUT2D eigenvalue weighted by atomic mass is 9.76. The van der Waals surface area contributed by atoms with Crippen LogP contribution in [0.5, 0.6) is 0 Å². The van der Waals surface area contributed by atoms with Crippen LogP contribution in [0.3, 0.4) is 0 Å². The van der Waals surface area contributed by atoms with E-state index in [1.165, 1.54) is 38.5 Å². The van der Waals surface area contributed by atoms with Crippen molar-refractivity contribution in [2.75, 3.05) is 13.7 Å². The molecule has 0 radical (unpaired) electrons. The van der Waals surface area contributed by atoms with E-state index < -0.39 is 0 Å². The number of nitrogens with two attached hydrogens (primary N) is 1. The maximum absolute atomic E-state index is 6.52. The van der Waals surface area contributed by atoms with Gasteiger partial charge in [0.15, 0.2) is 0 Å². The molecule has 1 unspecified atom stereocenters. The zero-order chi connectivity index (χ0) is 15.2. The third-order valence-corrected chi connectivity index (χ3v) is 5.04. The molecule has 0 bridgehead atoms. The summed E-state index contributed by atoms with van der Waals surface area (Å²) < 4.78 is 7.04. The van der Waals surface area contributed by atoms with E-state index in [1.54, 1.807) is 13.3 Å². The van der Waals surface area contributed by atoms with Gasteiger partial charge in [-0.05, 0) is 24.7 Å². The number of hydrogen-bond donors (Lipinski definition) is 1. The van der Waals surface area contributed by atoms with E-state index in [0.29, 0.717) is 24.1 Å². The number of hydrogen-bond acceptors (Lipinski definition) is 3. The van der Waals surface area contributed by atoms with Gasteiger partial charge < -0.3 is 10.5 Å². The molecule has 1 aromatic heterocycles. The SMILES string of the molecule is CCCC1CCC(C(N)c2c(Cl)cnn2CCOC)CC1. The molecule has 4 nitrogen and oxygen atoms in total. The molecule has 1 aromatic rings. The Labute approximate surface area is 133 Å². The van der Waals surface area contributed by atoms with Crippen LogP contribution in [0, 0.1) is 11.8 Å². The lowest BCUT2D eigenvalue weighted by molar-refractivity contribution is 0.179. The monoisotopic (exact) mass is 313 g/mol. The summed E-state index contributed by atoms with van der Waals surface area (Å²) in [5.74, 6) is 1.42. The molecule has 2 N–H and O–H groups in total. The number of halogens is 1. The van der Waals surface area contributed by atoms with E-state index in [0.717, 1.165) is 11.6 Å². The lowest BCUT2D eigenvalue weighted by Crippen LogP contribution is -2.29. The van der Waals surface area contributed by atoms with Crippen LogP contribution in [-0.2, 0) is 11.3 Å². The predicted octanol–water partition coefficient (Wildman–Crippen LogP) is 3.79. The zero-order valence-corrected chi connectivity index (χ0v) is 14.0. The van der Waals surface area contributed by atoms with Gasteiger partial charge in [0.25, 0.3) is 0 Å². The predicted molar refractivity (Wildman–Crippen MR) is 86.4 cm³/mol. The van der Waals surface area contributed by atoms with Crippen molar-refractivity contribution in [2.24, 2.45) is 17.6 Å². The Kier molecular flexibility index (Phi) is 6.52. The van der Waals surface area contributed by atoms with Crippen molar-refractivity contribution in [1.29, 1.82) is 0 Å². The summed E-state index contributed by atoms with van der Waals surface area (Å²) in [4.78, 5) is 0. The van der Waals surface area contributed by atoms with Gasteiger partial charge in [-0.15, -0.1) is 0 Å². The van der Waals surface area contributed by atoms with Crippen LogP contribution in [0.2, 0.25) is 5.02 Å². The lowest BCUT2D eigenvalue weighted by Gasteiger charge is -2.32. The summed E-state index contributed by atoms with van der Waals surface area (Å²) in [6, 6.07) is -0.0144. The highest BCUT2D eigenvalue weighted by molar-refractivity contribution is 6.31. The highest BCUT2D eigenvalue weighted by Gasteiger charge is 2.29. The van der Waals surface area contributed by atoms with Crippen molar-refractivity contribution in [3.8, 4) is 0 Å². The van der Waals surface area contributed by atoms with Gasteiger partial charge in [0.1, 0.15) is 0 Å². The smallest absolute Gasteiger partial charge is 0.0834 e. The Morgan fingerprint density at radius 1 is 1.43 bits per heavy atom. The second-order valence-corrected chi connectivity index (χ2v) is 6.60. The summed E-state index contributed by atoms with van der Waals surface area (Å²) in [7, 11) is 1.69. The van der Waals surface area contributed by atoms with Gasteiger partial charge >= 0.3 is 0 Å². The Balaban J connectivity index is 2.00. The van der Waals surface area contributed by atoms with Gasteiger partial charge in [-0.25, -0.2) is 0 Å². The third-order valence-electron chi connectivity index (χ3n) is 4.75. The molecule has 5 heteroatoms. The number of nitrogens with zero attached hydrogens (tertiary/aromatic N) is 2. The minimum absolute atomic E-state index is 0.0144. The molecular formula is C16H28ClN3O. The number of aromatic nitrogens is 2. The van der Waals surface area contributed by atoms with E-state index in [-0.39, 0.29) is 6.04 Å². The van der Waals surface area contributed by atoms with Crippen molar-refractivity contribution in [3.05, 3.63) is 16.9 Å². The van der Waals surface area contributed by atoms with Crippen LogP contribution >= 0.6 is 11.6 Å². The van der Waals surface area contributed by atoms with Gasteiger partial charge in [0, 0.05) is 7.11 Å². The molecule has 1 fully saturated rings. The third kappa shape index (κ3) is 4.21. The fourth-order valence-electron chi connectivity index (χ4n) is 3.53. The molecule has 1 saturated carbocycles. The van der Waals surface area contributed by atoms with E-state index in [1.807, 2.05) is 4.68 Å². The first-order valence-corrected chi connectivity index (χ1v) is 8.50. The first-order chi connectivity index (χ1) is 10.2. The molecular weight excluding hydrogens is 286 g/mol. The van der Waals surface area contributed by atoms with Crippen molar-refractivity contribution in [2.45, 2.75) is 58.0 Å². The molecule has 0 amide bonds. The molecule has 0 spiro atoms. The van der Waals surface area contributed by atoms with Crippen molar-refractivity contribution >= 4 is 11.6 Å². The highest BCUT2D eigenvalue weighted by Crippen LogP contribution is 2.38. The number of rotatable bonds is 7. The van der Waals surface area contributed by atoms with Crippen LogP contribution in [0.25, 0.3) is 0 Å². The molecule has 1 heterocycles. The van der Waals surface area contributed by atoms with Gasteiger partial charge in [-0.2, -0.15) is 5.10 Å². The Bertz CT molecular complexity index is 427. The van der Waals surface area contributed by atoms with Crippen molar-refractivity contribution < 1.29 is 4.74 Å². The standard InChI is InChI=1S/C16H28ClN3O/c1-3-4-12-5-7-13(8-6-12)15(18)16-14(17)11-19-20(16)9-10-21-2/h11-13,15H,3-10,18H2,1-2H3. The van der Waals surface area contributed by atoms with Gasteiger partial charge in [-0.1, -0.05) is 44.2 Å². The summed E-state index contributed by atoms with van der Waals surface area (Å²) in [5, 5.41) is 5.03. The summed E-state index contributed by atoms with van der Waals surface area (Å²) in [5.41, 5.74) is 7.50. The number of ether oxygens (including phenoxy) is 1. The van der Waals surface area contributed by atoms with E-state index in [2.05, 4.69) is 12.0 Å². The van der Waals surface area contributed by atoms with E-state index in [4.69, 9.17) is 22.1 Å². The topological polar surface area (TPSA) is 53.1 Å². The second kappa shape index (κ2) is 8.16. The number of methoxy groups -OCH3 is 1. The van der Waals surface area contributed by atoms with Crippen molar-refractivity contribution in [3.63, 3.8) is 0 Å². The maximum Gasteiger partial charge on any atom is 0.0834 e.